The van der Waals surface area contributed by atoms with E-state index in [0.29, 0.717) is 12.5 Å². The first kappa shape index (κ1) is 20.2. The van der Waals surface area contributed by atoms with E-state index in [0.717, 1.165) is 31.7 Å². The van der Waals surface area contributed by atoms with Gasteiger partial charge in [-0.3, -0.25) is 9.08 Å². The fraction of sp³-hybridized carbons (Fsp3) is 0.600. The van der Waals surface area contributed by atoms with Crippen molar-refractivity contribution in [2.24, 2.45) is 5.92 Å². The van der Waals surface area contributed by atoms with Crippen molar-refractivity contribution < 1.29 is 17.3 Å². The molecule has 0 bridgehead atoms. The molecule has 150 valence electrons. The van der Waals surface area contributed by atoms with Gasteiger partial charge in [-0.2, -0.15) is 8.42 Å². The molecule has 7 heteroatoms. The number of ether oxygens (including phenoxy) is 1. The third-order valence-corrected chi connectivity index (χ3v) is 5.72. The standard InChI is InChI=1S/C20H30N2O4S/c1-27(23,24)26-16-20-15-22(17-25-20)11-5-8-18-9-12-21(13-10-18)14-19-6-3-2-4-7-19/h2-4,6-7,15,18H,5,8-14,16-17H2,1H3. The van der Waals surface area contributed by atoms with Crippen LogP contribution < -0.4 is 0 Å². The maximum absolute atomic E-state index is 11.0. The number of rotatable bonds is 9. The average Bonchev–Trinajstić information content (AvgIpc) is 3.10. The smallest absolute Gasteiger partial charge is 0.264 e. The minimum Gasteiger partial charge on any atom is -0.473 e. The minimum absolute atomic E-state index is 0.0186. The molecule has 3 rings (SSSR count). The zero-order valence-corrected chi connectivity index (χ0v) is 16.9. The molecule has 0 N–H and O–H groups in total. The summed E-state index contributed by atoms with van der Waals surface area (Å²) in [6.45, 7) is 4.82. The molecule has 2 aliphatic heterocycles. The van der Waals surface area contributed by atoms with Crippen LogP contribution in [0.4, 0.5) is 0 Å². The van der Waals surface area contributed by atoms with Crippen LogP contribution in [0.15, 0.2) is 42.3 Å². The molecule has 1 aromatic rings. The van der Waals surface area contributed by atoms with Crippen LogP contribution in [0.3, 0.4) is 0 Å². The number of nitrogens with zero attached hydrogens (tertiary/aromatic N) is 2. The molecule has 0 unspecified atom stereocenters. The molecule has 0 saturated carbocycles. The predicted molar refractivity (Wildman–Crippen MR) is 105 cm³/mol. The van der Waals surface area contributed by atoms with Gasteiger partial charge in [0, 0.05) is 19.3 Å². The summed E-state index contributed by atoms with van der Waals surface area (Å²) >= 11 is 0. The van der Waals surface area contributed by atoms with Crippen molar-refractivity contribution in [2.45, 2.75) is 32.2 Å². The fourth-order valence-corrected chi connectivity index (χ4v) is 4.01. The molecule has 1 saturated heterocycles. The maximum Gasteiger partial charge on any atom is 0.264 e. The fourth-order valence-electron chi connectivity index (χ4n) is 3.68. The van der Waals surface area contributed by atoms with Crippen LogP contribution in [0.25, 0.3) is 0 Å². The van der Waals surface area contributed by atoms with Gasteiger partial charge in [-0.1, -0.05) is 30.3 Å². The Balaban J connectivity index is 1.30. The summed E-state index contributed by atoms with van der Waals surface area (Å²) in [5, 5.41) is 0. The Morgan fingerprint density at radius 3 is 2.63 bits per heavy atom. The second kappa shape index (κ2) is 9.57. The van der Waals surface area contributed by atoms with Crippen molar-refractivity contribution in [1.29, 1.82) is 0 Å². The predicted octanol–water partition coefficient (Wildman–Crippen LogP) is 2.79. The summed E-state index contributed by atoms with van der Waals surface area (Å²) < 4.78 is 32.3. The van der Waals surface area contributed by atoms with E-state index in [9.17, 15) is 8.42 Å². The van der Waals surface area contributed by atoms with E-state index in [2.05, 4.69) is 40.1 Å². The van der Waals surface area contributed by atoms with Gasteiger partial charge < -0.3 is 9.64 Å². The van der Waals surface area contributed by atoms with E-state index in [1.54, 1.807) is 0 Å². The minimum atomic E-state index is -3.43. The van der Waals surface area contributed by atoms with Gasteiger partial charge in [-0.25, -0.2) is 0 Å². The van der Waals surface area contributed by atoms with Crippen molar-refractivity contribution in [3.63, 3.8) is 0 Å². The maximum atomic E-state index is 11.0. The molecule has 0 radical (unpaired) electrons. The highest BCUT2D eigenvalue weighted by Gasteiger charge is 2.20. The average molecular weight is 395 g/mol. The van der Waals surface area contributed by atoms with Gasteiger partial charge in [-0.05, 0) is 50.3 Å². The van der Waals surface area contributed by atoms with Crippen molar-refractivity contribution in [2.75, 3.05) is 39.2 Å². The molecule has 0 aromatic heterocycles. The Morgan fingerprint density at radius 2 is 1.93 bits per heavy atom. The topological polar surface area (TPSA) is 59.1 Å². The van der Waals surface area contributed by atoms with E-state index < -0.39 is 10.1 Å². The van der Waals surface area contributed by atoms with Gasteiger partial charge in [0.1, 0.15) is 12.4 Å². The molecule has 0 atom stereocenters. The molecule has 1 aromatic carbocycles. The van der Waals surface area contributed by atoms with Crippen LogP contribution in [-0.2, 0) is 25.6 Å². The lowest BCUT2D eigenvalue weighted by atomic mass is 9.92. The third-order valence-electron chi connectivity index (χ3n) is 5.17. The monoisotopic (exact) mass is 394 g/mol. The van der Waals surface area contributed by atoms with Gasteiger partial charge in [0.2, 0.25) is 0 Å². The van der Waals surface area contributed by atoms with Crippen LogP contribution in [0.2, 0.25) is 0 Å². The van der Waals surface area contributed by atoms with E-state index in [4.69, 9.17) is 8.92 Å². The summed E-state index contributed by atoms with van der Waals surface area (Å²) in [6.07, 6.45) is 7.82. The Labute approximate surface area is 162 Å². The zero-order chi connectivity index (χ0) is 19.1. The molecular formula is C20H30N2O4S. The number of hydrogen-bond donors (Lipinski definition) is 0. The normalized spacial score (nSPS) is 19.1. The van der Waals surface area contributed by atoms with Crippen molar-refractivity contribution >= 4 is 10.1 Å². The first-order chi connectivity index (χ1) is 13.0. The lowest BCUT2D eigenvalue weighted by molar-refractivity contribution is 0.129. The summed E-state index contributed by atoms with van der Waals surface area (Å²) in [5.41, 5.74) is 1.40. The number of likely N-dealkylation sites (tertiary alicyclic amines) is 1. The van der Waals surface area contributed by atoms with Crippen LogP contribution in [0.5, 0.6) is 0 Å². The van der Waals surface area contributed by atoms with E-state index in [1.165, 1.54) is 37.9 Å². The quantitative estimate of drug-likeness (QED) is 0.600. The Hall–Kier alpha value is -1.57. The molecule has 0 spiro atoms. The van der Waals surface area contributed by atoms with E-state index in [-0.39, 0.29) is 6.61 Å². The molecule has 27 heavy (non-hydrogen) atoms. The van der Waals surface area contributed by atoms with Crippen molar-refractivity contribution in [3.8, 4) is 0 Å². The Kier molecular flexibility index (Phi) is 7.15. The molecule has 6 nitrogen and oxygen atoms in total. The zero-order valence-electron chi connectivity index (χ0n) is 16.0. The molecule has 0 amide bonds. The summed E-state index contributed by atoms with van der Waals surface area (Å²) in [6, 6.07) is 10.7. The first-order valence-electron chi connectivity index (χ1n) is 9.66. The first-order valence-corrected chi connectivity index (χ1v) is 11.5. The number of piperidine rings is 1. The number of benzene rings is 1. The Morgan fingerprint density at radius 1 is 1.19 bits per heavy atom. The molecule has 2 aliphatic rings. The number of hydrogen-bond acceptors (Lipinski definition) is 6. The van der Waals surface area contributed by atoms with E-state index in [1.807, 2.05) is 6.20 Å². The summed E-state index contributed by atoms with van der Waals surface area (Å²) in [4.78, 5) is 4.64. The van der Waals surface area contributed by atoms with Gasteiger partial charge in [0.05, 0.1) is 6.26 Å². The second-order valence-electron chi connectivity index (χ2n) is 7.49. The highest BCUT2D eigenvalue weighted by atomic mass is 32.2. The van der Waals surface area contributed by atoms with Crippen LogP contribution in [0.1, 0.15) is 31.2 Å². The Bertz CT molecular complexity index is 713. The second-order valence-corrected chi connectivity index (χ2v) is 9.14. The van der Waals surface area contributed by atoms with E-state index >= 15 is 0 Å². The summed E-state index contributed by atoms with van der Waals surface area (Å²) in [5.74, 6) is 1.38. The van der Waals surface area contributed by atoms with Crippen molar-refractivity contribution in [3.05, 3.63) is 47.9 Å². The molecular weight excluding hydrogens is 364 g/mol. The third kappa shape index (κ3) is 7.16. The largest absolute Gasteiger partial charge is 0.473 e. The van der Waals surface area contributed by atoms with Crippen LogP contribution in [-0.4, -0.2) is 57.4 Å². The van der Waals surface area contributed by atoms with Gasteiger partial charge >= 0.3 is 0 Å². The lowest BCUT2D eigenvalue weighted by Crippen LogP contribution is -2.33. The highest BCUT2D eigenvalue weighted by Crippen LogP contribution is 2.23. The molecule has 2 heterocycles. The van der Waals surface area contributed by atoms with Crippen molar-refractivity contribution in [1.82, 2.24) is 9.80 Å². The SMILES string of the molecule is CS(=O)(=O)OCC1=CN(CCCC2CCN(Cc3ccccc3)CC2)CO1. The van der Waals surface area contributed by atoms with Gasteiger partial charge in [-0.15, -0.1) is 0 Å². The van der Waals surface area contributed by atoms with Gasteiger partial charge in [0.15, 0.2) is 6.73 Å². The van der Waals surface area contributed by atoms with Crippen LogP contribution >= 0.6 is 0 Å². The molecule has 1 fully saturated rings. The van der Waals surface area contributed by atoms with Crippen LogP contribution in [0, 0.1) is 5.92 Å². The molecule has 0 aliphatic carbocycles. The highest BCUT2D eigenvalue weighted by molar-refractivity contribution is 7.85. The van der Waals surface area contributed by atoms with Gasteiger partial charge in [0.25, 0.3) is 10.1 Å². The lowest BCUT2D eigenvalue weighted by Gasteiger charge is -2.32. The summed E-state index contributed by atoms with van der Waals surface area (Å²) in [7, 11) is -3.43.